The normalized spacial score (nSPS) is 10.1. The summed E-state index contributed by atoms with van der Waals surface area (Å²) < 4.78 is 5.30. The summed E-state index contributed by atoms with van der Waals surface area (Å²) in [5, 5.41) is -0.498. The van der Waals surface area contributed by atoms with Crippen LogP contribution in [0.15, 0.2) is 48.5 Å². The van der Waals surface area contributed by atoms with E-state index in [4.69, 9.17) is 16.3 Å². The Morgan fingerprint density at radius 3 is 2.44 bits per heavy atom. The Morgan fingerprint density at radius 1 is 1.11 bits per heavy atom. The van der Waals surface area contributed by atoms with E-state index in [0.717, 1.165) is 11.1 Å². The Kier molecular flexibility index (Phi) is 4.00. The van der Waals surface area contributed by atoms with Crippen LogP contribution in [-0.4, -0.2) is 12.4 Å². The van der Waals surface area contributed by atoms with Crippen LogP contribution in [0.3, 0.4) is 0 Å². The van der Waals surface area contributed by atoms with E-state index in [-0.39, 0.29) is 0 Å². The molecule has 0 atom stereocenters. The predicted octanol–water partition coefficient (Wildman–Crippen LogP) is 3.67. The molecule has 2 nitrogen and oxygen atoms in total. The molecule has 2 aromatic rings. The average molecular weight is 261 g/mol. The van der Waals surface area contributed by atoms with Crippen LogP contribution in [0.4, 0.5) is 0 Å². The van der Waals surface area contributed by atoms with Gasteiger partial charge < -0.3 is 4.74 Å². The van der Waals surface area contributed by atoms with Crippen molar-refractivity contribution in [3.8, 4) is 5.75 Å². The Balaban J connectivity index is 2.39. The van der Waals surface area contributed by atoms with Gasteiger partial charge in [0.1, 0.15) is 5.75 Å². The minimum absolute atomic E-state index is 0.410. The van der Waals surface area contributed by atoms with Crippen LogP contribution >= 0.6 is 11.6 Å². The largest absolute Gasteiger partial charge is 0.496 e. The van der Waals surface area contributed by atoms with Crippen LogP contribution in [0.2, 0.25) is 0 Å². The molecule has 0 aliphatic rings. The topological polar surface area (TPSA) is 26.3 Å². The maximum Gasteiger partial charge on any atom is 0.256 e. The van der Waals surface area contributed by atoms with Gasteiger partial charge in [0, 0.05) is 6.42 Å². The van der Waals surface area contributed by atoms with Crippen molar-refractivity contribution in [3.63, 3.8) is 0 Å². The number of para-hydroxylation sites is 1. The van der Waals surface area contributed by atoms with E-state index in [1.54, 1.807) is 13.2 Å². The molecular weight excluding hydrogens is 248 g/mol. The van der Waals surface area contributed by atoms with Gasteiger partial charge in [0.2, 0.25) is 0 Å². The summed E-state index contributed by atoms with van der Waals surface area (Å²) in [4.78, 5) is 11.3. The highest BCUT2D eigenvalue weighted by molar-refractivity contribution is 6.68. The van der Waals surface area contributed by atoms with E-state index in [9.17, 15) is 4.79 Å². The molecule has 0 N–H and O–H groups in total. The van der Waals surface area contributed by atoms with Crippen LogP contribution < -0.4 is 4.74 Å². The van der Waals surface area contributed by atoms with Crippen molar-refractivity contribution in [1.82, 2.24) is 0 Å². The molecule has 2 aromatic carbocycles. The van der Waals surface area contributed by atoms with Gasteiger partial charge in [-0.05, 0) is 28.8 Å². The molecular formula is C15H13ClO2. The van der Waals surface area contributed by atoms with Gasteiger partial charge in [-0.15, -0.1) is 0 Å². The fraction of sp³-hybridized carbons (Fsp3) is 0.133. The minimum atomic E-state index is -0.498. The smallest absolute Gasteiger partial charge is 0.256 e. The van der Waals surface area contributed by atoms with Gasteiger partial charge in [-0.3, -0.25) is 4.79 Å². The highest BCUT2D eigenvalue weighted by Crippen LogP contribution is 2.27. The lowest BCUT2D eigenvalue weighted by atomic mass is 10.0. The maximum atomic E-state index is 11.3. The molecule has 0 aliphatic carbocycles. The number of hydrogen-bond donors (Lipinski definition) is 0. The van der Waals surface area contributed by atoms with Gasteiger partial charge >= 0.3 is 0 Å². The third-order valence-corrected chi connectivity index (χ3v) is 2.95. The van der Waals surface area contributed by atoms with E-state index in [2.05, 4.69) is 0 Å². The second-order valence-corrected chi connectivity index (χ2v) is 4.28. The second-order valence-electron chi connectivity index (χ2n) is 3.93. The molecule has 0 spiro atoms. The van der Waals surface area contributed by atoms with Crippen molar-refractivity contribution in [2.24, 2.45) is 0 Å². The van der Waals surface area contributed by atoms with Crippen LogP contribution in [0.1, 0.15) is 21.5 Å². The van der Waals surface area contributed by atoms with Crippen LogP contribution in [0.5, 0.6) is 5.75 Å². The second kappa shape index (κ2) is 5.69. The van der Waals surface area contributed by atoms with Crippen LogP contribution in [-0.2, 0) is 6.42 Å². The third-order valence-electron chi connectivity index (χ3n) is 2.75. The van der Waals surface area contributed by atoms with E-state index >= 15 is 0 Å². The quantitative estimate of drug-likeness (QED) is 0.784. The van der Waals surface area contributed by atoms with Crippen molar-refractivity contribution in [2.75, 3.05) is 7.11 Å². The van der Waals surface area contributed by atoms with E-state index in [1.165, 1.54) is 0 Å². The SMILES string of the molecule is COc1c(Cc2ccccc2)cccc1C(=O)Cl. The Labute approximate surface area is 111 Å². The number of carbonyl (C=O) groups is 1. The molecule has 3 heteroatoms. The molecule has 92 valence electrons. The number of halogens is 1. The summed E-state index contributed by atoms with van der Waals surface area (Å²) in [7, 11) is 1.55. The lowest BCUT2D eigenvalue weighted by Gasteiger charge is -2.11. The number of carbonyl (C=O) groups excluding carboxylic acids is 1. The standard InChI is InChI=1S/C15H13ClO2/c1-18-14-12(8-5-9-13(14)15(16)17)10-11-6-3-2-4-7-11/h2-9H,10H2,1H3. The fourth-order valence-corrected chi connectivity index (χ4v) is 2.08. The lowest BCUT2D eigenvalue weighted by molar-refractivity contribution is 0.107. The highest BCUT2D eigenvalue weighted by Gasteiger charge is 2.13. The molecule has 0 bridgehead atoms. The van der Waals surface area contributed by atoms with Crippen LogP contribution in [0.25, 0.3) is 0 Å². The Morgan fingerprint density at radius 2 is 1.83 bits per heavy atom. The summed E-state index contributed by atoms with van der Waals surface area (Å²) in [5.41, 5.74) is 2.53. The van der Waals surface area contributed by atoms with Crippen LogP contribution in [0, 0.1) is 0 Å². The van der Waals surface area contributed by atoms with Gasteiger partial charge in [-0.1, -0.05) is 42.5 Å². The number of rotatable bonds is 4. The van der Waals surface area contributed by atoms with Gasteiger partial charge in [0.05, 0.1) is 12.7 Å². The molecule has 0 heterocycles. The summed E-state index contributed by atoms with van der Waals surface area (Å²) in [6.45, 7) is 0. The molecule has 0 aromatic heterocycles. The summed E-state index contributed by atoms with van der Waals surface area (Å²) in [6, 6.07) is 15.4. The molecule has 0 radical (unpaired) electrons. The summed E-state index contributed by atoms with van der Waals surface area (Å²) >= 11 is 5.54. The van der Waals surface area contributed by atoms with Crippen molar-refractivity contribution in [1.29, 1.82) is 0 Å². The first-order valence-corrected chi connectivity index (χ1v) is 6.00. The van der Waals surface area contributed by atoms with Crippen molar-refractivity contribution in [3.05, 3.63) is 65.2 Å². The average Bonchev–Trinajstić information content (AvgIpc) is 2.39. The Bertz CT molecular complexity index is 550. The number of ether oxygens (including phenoxy) is 1. The maximum absolute atomic E-state index is 11.3. The molecule has 2 rings (SSSR count). The molecule has 0 aliphatic heterocycles. The zero-order valence-electron chi connectivity index (χ0n) is 10.0. The first-order valence-electron chi connectivity index (χ1n) is 5.62. The van der Waals surface area contributed by atoms with Crippen molar-refractivity contribution < 1.29 is 9.53 Å². The monoisotopic (exact) mass is 260 g/mol. The molecule has 18 heavy (non-hydrogen) atoms. The van der Waals surface area contributed by atoms with Gasteiger partial charge in [0.25, 0.3) is 5.24 Å². The molecule has 0 fully saturated rings. The lowest BCUT2D eigenvalue weighted by Crippen LogP contribution is -2.00. The fourth-order valence-electron chi connectivity index (χ4n) is 1.94. The van der Waals surface area contributed by atoms with E-state index < -0.39 is 5.24 Å². The highest BCUT2D eigenvalue weighted by atomic mass is 35.5. The number of methoxy groups -OCH3 is 1. The number of benzene rings is 2. The minimum Gasteiger partial charge on any atom is -0.496 e. The zero-order valence-corrected chi connectivity index (χ0v) is 10.8. The van der Waals surface area contributed by atoms with Crippen molar-refractivity contribution >= 4 is 16.8 Å². The van der Waals surface area contributed by atoms with Gasteiger partial charge in [0.15, 0.2) is 0 Å². The first kappa shape index (κ1) is 12.7. The third kappa shape index (κ3) is 2.71. The molecule has 0 amide bonds. The summed E-state index contributed by atoms with van der Waals surface area (Å²) in [5.74, 6) is 0.557. The molecule has 0 saturated heterocycles. The van der Waals surface area contributed by atoms with E-state index in [0.29, 0.717) is 17.7 Å². The predicted molar refractivity (Wildman–Crippen MR) is 72.4 cm³/mol. The number of hydrogen-bond acceptors (Lipinski definition) is 2. The first-order chi connectivity index (χ1) is 8.72. The molecule has 0 saturated carbocycles. The zero-order chi connectivity index (χ0) is 13.0. The van der Waals surface area contributed by atoms with E-state index in [1.807, 2.05) is 42.5 Å². The Hall–Kier alpha value is -1.80. The summed E-state index contributed by atoms with van der Waals surface area (Å²) in [6.07, 6.45) is 0.710. The van der Waals surface area contributed by atoms with Gasteiger partial charge in [-0.25, -0.2) is 0 Å². The van der Waals surface area contributed by atoms with Gasteiger partial charge in [-0.2, -0.15) is 0 Å². The molecule has 0 unspecified atom stereocenters. The van der Waals surface area contributed by atoms with Crippen molar-refractivity contribution in [2.45, 2.75) is 6.42 Å².